The number of carbonyl (C=O) groups excluding carboxylic acids is 1. The highest BCUT2D eigenvalue weighted by molar-refractivity contribution is 5.91. The molecule has 13 heavy (non-hydrogen) atoms. The number of carbonyl (C=O) groups is 1. The first-order chi connectivity index (χ1) is 6.05. The fourth-order valence-corrected chi connectivity index (χ4v) is 1.93. The van der Waals surface area contributed by atoms with Gasteiger partial charge in [0.25, 0.3) is 0 Å². The van der Waals surface area contributed by atoms with Gasteiger partial charge in [-0.3, -0.25) is 4.79 Å². The number of hydrogen-bond donors (Lipinski definition) is 1. The summed E-state index contributed by atoms with van der Waals surface area (Å²) in [6.07, 6.45) is 6.06. The Balaban J connectivity index is 2.04. The van der Waals surface area contributed by atoms with Crippen LogP contribution in [0.5, 0.6) is 0 Å². The van der Waals surface area contributed by atoms with Crippen LogP contribution in [-0.2, 0) is 4.79 Å². The molecule has 0 bridgehead atoms. The first kappa shape index (κ1) is 8.79. The van der Waals surface area contributed by atoms with Gasteiger partial charge in [-0.1, -0.05) is 13.8 Å². The van der Waals surface area contributed by atoms with Crippen molar-refractivity contribution >= 4 is 5.78 Å². The highest BCUT2D eigenvalue weighted by Crippen LogP contribution is 2.34. The summed E-state index contributed by atoms with van der Waals surface area (Å²) in [5, 5.41) is 3.42. The Hall–Kier alpha value is -0.790. The Kier molecular flexibility index (Phi) is 1.94. The number of ketones is 1. The second-order valence-corrected chi connectivity index (χ2v) is 5.07. The lowest BCUT2D eigenvalue weighted by Gasteiger charge is -2.29. The number of allylic oxidation sites excluding steroid dienone is 2. The molecule has 2 rings (SSSR count). The zero-order valence-electron chi connectivity index (χ0n) is 8.39. The van der Waals surface area contributed by atoms with Gasteiger partial charge < -0.3 is 5.32 Å². The van der Waals surface area contributed by atoms with Gasteiger partial charge in [0.1, 0.15) is 0 Å². The molecule has 72 valence electrons. The van der Waals surface area contributed by atoms with Crippen molar-refractivity contribution in [1.82, 2.24) is 5.32 Å². The molecule has 0 saturated heterocycles. The van der Waals surface area contributed by atoms with Crippen molar-refractivity contribution in [2.45, 2.75) is 45.6 Å². The van der Waals surface area contributed by atoms with Crippen LogP contribution in [-0.4, -0.2) is 11.8 Å². The van der Waals surface area contributed by atoms with Crippen molar-refractivity contribution in [1.29, 1.82) is 0 Å². The monoisotopic (exact) mass is 179 g/mol. The van der Waals surface area contributed by atoms with Crippen LogP contribution in [0.4, 0.5) is 0 Å². The van der Waals surface area contributed by atoms with E-state index >= 15 is 0 Å². The predicted octanol–water partition coefficient (Wildman–Crippen LogP) is 2.01. The maximum atomic E-state index is 11.4. The molecule has 2 aliphatic rings. The van der Waals surface area contributed by atoms with Crippen LogP contribution in [0.15, 0.2) is 11.8 Å². The summed E-state index contributed by atoms with van der Waals surface area (Å²) in [6, 6.07) is 0.660. The molecule has 0 atom stereocenters. The molecule has 0 spiro atoms. The van der Waals surface area contributed by atoms with Gasteiger partial charge in [-0.2, -0.15) is 0 Å². The summed E-state index contributed by atoms with van der Waals surface area (Å²) in [5.74, 6) is 0.277. The van der Waals surface area contributed by atoms with Crippen molar-refractivity contribution in [2.24, 2.45) is 5.41 Å². The molecule has 0 aromatic rings. The Bertz CT molecular complexity index is 261. The summed E-state index contributed by atoms with van der Waals surface area (Å²) >= 11 is 0. The molecule has 0 aromatic heterocycles. The van der Waals surface area contributed by atoms with Gasteiger partial charge in [-0.15, -0.1) is 0 Å². The van der Waals surface area contributed by atoms with Crippen molar-refractivity contribution < 1.29 is 4.79 Å². The first-order valence-electron chi connectivity index (χ1n) is 5.05. The van der Waals surface area contributed by atoms with Crippen LogP contribution in [0.2, 0.25) is 0 Å². The Morgan fingerprint density at radius 3 is 2.62 bits per heavy atom. The third-order valence-corrected chi connectivity index (χ3v) is 2.62. The van der Waals surface area contributed by atoms with Crippen molar-refractivity contribution in [2.75, 3.05) is 0 Å². The number of rotatable bonds is 2. The Labute approximate surface area is 79.4 Å². The smallest absolute Gasteiger partial charge is 0.157 e. The summed E-state index contributed by atoms with van der Waals surface area (Å²) in [4.78, 5) is 11.4. The van der Waals surface area contributed by atoms with E-state index in [4.69, 9.17) is 0 Å². The average Bonchev–Trinajstić information content (AvgIpc) is 2.65. The van der Waals surface area contributed by atoms with Gasteiger partial charge in [-0.25, -0.2) is 0 Å². The van der Waals surface area contributed by atoms with Crippen molar-refractivity contribution in [3.8, 4) is 0 Å². The maximum absolute atomic E-state index is 11.4. The van der Waals surface area contributed by atoms with E-state index in [9.17, 15) is 4.79 Å². The van der Waals surface area contributed by atoms with E-state index in [-0.39, 0.29) is 11.2 Å². The third-order valence-electron chi connectivity index (χ3n) is 2.62. The molecule has 0 radical (unpaired) electrons. The number of nitrogens with one attached hydrogen (secondary N) is 1. The predicted molar refractivity (Wildman–Crippen MR) is 52.3 cm³/mol. The van der Waals surface area contributed by atoms with Gasteiger partial charge in [0.15, 0.2) is 5.78 Å². The minimum Gasteiger partial charge on any atom is -0.385 e. The topological polar surface area (TPSA) is 29.1 Å². The molecule has 0 unspecified atom stereocenters. The van der Waals surface area contributed by atoms with Gasteiger partial charge >= 0.3 is 0 Å². The molecule has 0 aliphatic heterocycles. The van der Waals surface area contributed by atoms with Gasteiger partial charge in [0.05, 0.1) is 0 Å². The lowest BCUT2D eigenvalue weighted by molar-refractivity contribution is -0.117. The molecule has 0 aromatic carbocycles. The van der Waals surface area contributed by atoms with Crippen LogP contribution in [0.3, 0.4) is 0 Å². The lowest BCUT2D eigenvalue weighted by Crippen LogP contribution is -2.28. The molecule has 0 amide bonds. The molecular formula is C11H17NO. The van der Waals surface area contributed by atoms with Gasteiger partial charge in [0.2, 0.25) is 0 Å². The zero-order chi connectivity index (χ0) is 9.47. The minimum absolute atomic E-state index is 0.156. The quantitative estimate of drug-likeness (QED) is 0.702. The second-order valence-electron chi connectivity index (χ2n) is 5.07. The summed E-state index contributed by atoms with van der Waals surface area (Å²) < 4.78 is 0. The average molecular weight is 179 g/mol. The number of hydrogen-bond acceptors (Lipinski definition) is 2. The van der Waals surface area contributed by atoms with Crippen LogP contribution in [0.1, 0.15) is 39.5 Å². The van der Waals surface area contributed by atoms with Gasteiger partial charge in [0, 0.05) is 24.2 Å². The van der Waals surface area contributed by atoms with E-state index in [0.717, 1.165) is 12.1 Å². The fourth-order valence-electron chi connectivity index (χ4n) is 1.93. The lowest BCUT2D eigenvalue weighted by atomic mass is 9.79. The molecule has 1 saturated carbocycles. The maximum Gasteiger partial charge on any atom is 0.157 e. The highest BCUT2D eigenvalue weighted by atomic mass is 16.1. The van der Waals surface area contributed by atoms with Crippen LogP contribution >= 0.6 is 0 Å². The van der Waals surface area contributed by atoms with E-state index in [1.165, 1.54) is 12.8 Å². The Morgan fingerprint density at radius 2 is 2.08 bits per heavy atom. The van der Waals surface area contributed by atoms with Crippen molar-refractivity contribution in [3.63, 3.8) is 0 Å². The Morgan fingerprint density at radius 1 is 1.38 bits per heavy atom. The first-order valence-corrected chi connectivity index (χ1v) is 5.05. The minimum atomic E-state index is 0.156. The van der Waals surface area contributed by atoms with E-state index in [1.807, 2.05) is 0 Å². The molecule has 2 heteroatoms. The van der Waals surface area contributed by atoms with E-state index in [2.05, 4.69) is 19.2 Å². The molecular weight excluding hydrogens is 162 g/mol. The zero-order valence-corrected chi connectivity index (χ0v) is 8.39. The largest absolute Gasteiger partial charge is 0.385 e. The van der Waals surface area contributed by atoms with E-state index in [0.29, 0.717) is 12.5 Å². The molecule has 2 aliphatic carbocycles. The summed E-state index contributed by atoms with van der Waals surface area (Å²) in [6.45, 7) is 4.32. The van der Waals surface area contributed by atoms with Gasteiger partial charge in [-0.05, 0) is 24.7 Å². The summed E-state index contributed by atoms with van der Waals surface area (Å²) in [5.41, 5.74) is 1.31. The molecule has 1 fully saturated rings. The normalized spacial score (nSPS) is 26.9. The van der Waals surface area contributed by atoms with Crippen LogP contribution in [0.25, 0.3) is 0 Å². The fraction of sp³-hybridized carbons (Fsp3) is 0.727. The molecule has 1 N–H and O–H groups in total. The molecule has 0 heterocycles. The van der Waals surface area contributed by atoms with Crippen molar-refractivity contribution in [3.05, 3.63) is 11.8 Å². The molecule has 2 nitrogen and oxygen atoms in total. The van der Waals surface area contributed by atoms with E-state index in [1.54, 1.807) is 6.08 Å². The summed E-state index contributed by atoms with van der Waals surface area (Å²) in [7, 11) is 0. The standard InChI is InChI=1S/C11H17NO/c1-11(2)6-9(5-10(13)7-11)12-8-3-4-8/h5,8,12H,3-4,6-7H2,1-2H3. The van der Waals surface area contributed by atoms with Crippen LogP contribution < -0.4 is 5.32 Å². The second kappa shape index (κ2) is 2.86. The van der Waals surface area contributed by atoms with Crippen LogP contribution in [0, 0.1) is 5.41 Å². The SMILES string of the molecule is CC1(C)CC(=O)C=C(NC2CC2)C1. The van der Waals surface area contributed by atoms with E-state index < -0.39 is 0 Å². The highest BCUT2D eigenvalue weighted by Gasteiger charge is 2.30. The third kappa shape index (κ3) is 2.33.